The largest absolute Gasteiger partial charge is 0.309 e. The number of thiophene rings is 4. The topological polar surface area (TPSA) is 87.2 Å². The summed E-state index contributed by atoms with van der Waals surface area (Å²) in [5.41, 5.74) is 15.0. The molecule has 8 nitrogen and oxygen atoms in total. The van der Waals surface area contributed by atoms with Crippen molar-refractivity contribution in [3.8, 4) is 90.8 Å². The fourth-order valence-electron chi connectivity index (χ4n) is 15.8. The van der Waals surface area contributed by atoms with E-state index < -0.39 is 0 Å². The molecule has 474 valence electrons. The molecule has 102 heavy (non-hydrogen) atoms. The highest BCUT2D eigenvalue weighted by atomic mass is 32.1. The molecule has 0 saturated heterocycles. The minimum absolute atomic E-state index is 0.626. The number of nitrogens with zero attached hydrogens (tertiary/aromatic N) is 8. The van der Waals surface area contributed by atoms with Gasteiger partial charge < -0.3 is 9.13 Å². The smallest absolute Gasteiger partial charge is 0.164 e. The number of para-hydroxylation sites is 3. The highest BCUT2D eigenvalue weighted by Gasteiger charge is 2.28. The summed E-state index contributed by atoms with van der Waals surface area (Å²) in [5, 5.41) is 14.5. The van der Waals surface area contributed by atoms with Gasteiger partial charge in [-0.2, -0.15) is 0 Å². The molecule has 0 atom stereocenters. The van der Waals surface area contributed by atoms with Crippen molar-refractivity contribution in [3.05, 3.63) is 303 Å². The van der Waals surface area contributed by atoms with Gasteiger partial charge in [-0.05, 0) is 90.5 Å². The quantitative estimate of drug-likeness (QED) is 0.143. The first-order chi connectivity index (χ1) is 50.6. The molecule has 8 heterocycles. The zero-order chi connectivity index (χ0) is 66.7. The van der Waals surface area contributed by atoms with E-state index >= 15 is 0 Å². The van der Waals surface area contributed by atoms with Crippen molar-refractivity contribution >= 4 is 170 Å². The predicted octanol–water partition coefficient (Wildman–Crippen LogP) is 25.4. The van der Waals surface area contributed by atoms with E-state index in [-0.39, 0.29) is 0 Å². The number of rotatable bonds is 9. The van der Waals surface area contributed by atoms with Crippen molar-refractivity contribution in [2.45, 2.75) is 0 Å². The van der Waals surface area contributed by atoms with Crippen molar-refractivity contribution in [3.63, 3.8) is 0 Å². The predicted molar refractivity (Wildman–Crippen MR) is 431 cm³/mol. The second-order valence-electron chi connectivity index (χ2n) is 25.9. The van der Waals surface area contributed by atoms with Crippen LogP contribution in [0.4, 0.5) is 0 Å². The molecular weight excluding hydrogens is 1320 g/mol. The van der Waals surface area contributed by atoms with Gasteiger partial charge in [-0.25, -0.2) is 29.9 Å². The Bertz CT molecular complexity index is 7080. The summed E-state index contributed by atoms with van der Waals surface area (Å²) in [6.45, 7) is 0. The summed E-state index contributed by atoms with van der Waals surface area (Å²) in [6.07, 6.45) is 0. The Morgan fingerprint density at radius 1 is 0.196 bits per heavy atom. The van der Waals surface area contributed by atoms with Gasteiger partial charge in [0.2, 0.25) is 0 Å². The van der Waals surface area contributed by atoms with Gasteiger partial charge in [-0.15, -0.1) is 45.3 Å². The summed E-state index contributed by atoms with van der Waals surface area (Å²) >= 11 is 7.48. The molecule has 8 aromatic heterocycles. The standard InChI is InChI=1S/C90H50N8S4/c1-5-23-51(24-6-1)85-91-86(52-25-7-2-8-26-52)94-89(93-85)55-45-47-70-63(49-55)78-75(99-70)50-62(84-82(78)80-69(41-22-44-73(80)102-84)97-64-36-16-13-31-56(64)57-32-14-17-37-65(57)97)58-34-19-39-67-76(58)59-33-15-18-38-66(59)98(67)68-40-21-43-72-79(68)81-74(100-72)48-46-60-77-61(35-20-42-71(77)101-83(60)81)90-95-87(53-27-9-3-10-28-53)92-88(96-90)54-29-11-4-12-30-54/h1-50H. The Balaban J connectivity index is 0.783. The SMILES string of the molecule is c1ccc(-c2nc(-c3ccccc3)nc(-c3ccc4sc5cc(-c6cccc7c6c6ccccc6n7-c6cccc7sc8ccc9c(sc%10cccc(-c%11nc(-c%12ccccc%12)nc(-c%12ccccc%12)n%11)c%109)c8c67)c6sc7cccc(-n8c9ccccc9c9ccccc98)c7c6c5c4c3)n2)cc1. The van der Waals surface area contributed by atoms with Gasteiger partial charge in [0.05, 0.1) is 33.4 Å². The molecule has 0 unspecified atom stereocenters. The van der Waals surface area contributed by atoms with E-state index in [0.717, 1.165) is 61.2 Å². The molecular formula is C90H50N8S4. The van der Waals surface area contributed by atoms with Gasteiger partial charge in [0, 0.05) is 141 Å². The summed E-state index contributed by atoms with van der Waals surface area (Å²) in [4.78, 5) is 31.2. The lowest BCUT2D eigenvalue weighted by Crippen LogP contribution is -2.00. The molecule has 0 aliphatic heterocycles. The zero-order valence-electron chi connectivity index (χ0n) is 54.1. The van der Waals surface area contributed by atoms with E-state index in [1.54, 1.807) is 0 Å². The van der Waals surface area contributed by atoms with Crippen LogP contribution >= 0.6 is 45.3 Å². The summed E-state index contributed by atoms with van der Waals surface area (Å²) in [7, 11) is 0. The van der Waals surface area contributed by atoms with Crippen molar-refractivity contribution in [1.29, 1.82) is 0 Å². The molecule has 0 bridgehead atoms. The molecule has 12 heteroatoms. The van der Waals surface area contributed by atoms with Gasteiger partial charge in [-0.1, -0.05) is 218 Å². The number of aromatic nitrogens is 8. The Kier molecular flexibility index (Phi) is 12.7. The van der Waals surface area contributed by atoms with Crippen LogP contribution < -0.4 is 0 Å². The molecule has 0 radical (unpaired) electrons. The minimum Gasteiger partial charge on any atom is -0.309 e. The Morgan fingerprint density at radius 3 is 1.22 bits per heavy atom. The average Bonchev–Trinajstić information content (AvgIpc) is 1.54. The molecule has 0 saturated carbocycles. The van der Waals surface area contributed by atoms with E-state index in [2.05, 4.69) is 240 Å². The molecule has 0 fully saturated rings. The maximum atomic E-state index is 5.27. The third kappa shape index (κ3) is 8.71. The van der Waals surface area contributed by atoms with E-state index in [1.807, 2.05) is 118 Å². The van der Waals surface area contributed by atoms with Crippen molar-refractivity contribution in [2.24, 2.45) is 0 Å². The molecule has 0 spiro atoms. The molecule has 14 aromatic carbocycles. The van der Waals surface area contributed by atoms with Crippen LogP contribution in [0.2, 0.25) is 0 Å². The maximum Gasteiger partial charge on any atom is 0.164 e. The van der Waals surface area contributed by atoms with Crippen LogP contribution in [-0.4, -0.2) is 39.0 Å². The summed E-state index contributed by atoms with van der Waals surface area (Å²) in [5.74, 6) is 3.82. The van der Waals surface area contributed by atoms with E-state index in [9.17, 15) is 0 Å². The molecule has 0 aliphatic carbocycles. The first-order valence-electron chi connectivity index (χ1n) is 34.0. The van der Waals surface area contributed by atoms with E-state index in [4.69, 9.17) is 29.9 Å². The normalized spacial score (nSPS) is 12.1. The van der Waals surface area contributed by atoms with E-state index in [0.29, 0.717) is 34.9 Å². The first kappa shape index (κ1) is 57.5. The maximum absolute atomic E-state index is 5.27. The van der Waals surface area contributed by atoms with Crippen LogP contribution in [0.1, 0.15) is 0 Å². The second-order valence-corrected chi connectivity index (χ2v) is 30.2. The van der Waals surface area contributed by atoms with E-state index in [1.165, 1.54) is 119 Å². The number of hydrogen-bond acceptors (Lipinski definition) is 10. The van der Waals surface area contributed by atoms with Crippen molar-refractivity contribution < 1.29 is 0 Å². The lowest BCUT2D eigenvalue weighted by atomic mass is 9.95. The summed E-state index contributed by atoms with van der Waals surface area (Å²) < 4.78 is 14.8. The van der Waals surface area contributed by atoms with Crippen molar-refractivity contribution in [2.75, 3.05) is 0 Å². The number of hydrogen-bond donors (Lipinski definition) is 0. The zero-order valence-corrected chi connectivity index (χ0v) is 57.3. The molecule has 0 N–H and O–H groups in total. The van der Waals surface area contributed by atoms with Gasteiger partial charge in [0.25, 0.3) is 0 Å². The third-order valence-electron chi connectivity index (χ3n) is 20.2. The number of benzene rings is 14. The fourth-order valence-corrected chi connectivity index (χ4v) is 20.7. The van der Waals surface area contributed by atoms with Crippen molar-refractivity contribution in [1.82, 2.24) is 39.0 Å². The Labute approximate surface area is 598 Å². The monoisotopic (exact) mass is 1370 g/mol. The van der Waals surface area contributed by atoms with Gasteiger partial charge >= 0.3 is 0 Å². The van der Waals surface area contributed by atoms with Crippen LogP contribution in [-0.2, 0) is 0 Å². The van der Waals surface area contributed by atoms with Gasteiger partial charge in [0.1, 0.15) is 0 Å². The third-order valence-corrected chi connectivity index (χ3v) is 24.8. The average molecular weight is 1370 g/mol. The molecule has 0 aliphatic rings. The van der Waals surface area contributed by atoms with Crippen LogP contribution in [0.5, 0.6) is 0 Å². The van der Waals surface area contributed by atoms with Gasteiger partial charge in [-0.3, -0.25) is 0 Å². The molecule has 0 amide bonds. The minimum atomic E-state index is 0.626. The summed E-state index contributed by atoms with van der Waals surface area (Å²) in [6, 6.07) is 109. The Morgan fingerprint density at radius 2 is 0.618 bits per heavy atom. The second kappa shape index (κ2) is 22.5. The first-order valence-corrected chi connectivity index (χ1v) is 37.3. The highest BCUT2D eigenvalue weighted by Crippen LogP contribution is 2.54. The molecule has 22 rings (SSSR count). The van der Waals surface area contributed by atoms with Crippen LogP contribution in [0, 0.1) is 0 Å². The van der Waals surface area contributed by atoms with Crippen LogP contribution in [0.15, 0.2) is 303 Å². The lowest BCUT2D eigenvalue weighted by molar-refractivity contribution is 1.07. The van der Waals surface area contributed by atoms with Crippen LogP contribution in [0.25, 0.3) is 215 Å². The molecule has 22 aromatic rings. The van der Waals surface area contributed by atoms with Gasteiger partial charge in [0.15, 0.2) is 34.9 Å². The fraction of sp³-hybridized carbons (Fsp3) is 0. The Hall–Kier alpha value is -12.4. The lowest BCUT2D eigenvalue weighted by Gasteiger charge is -2.13. The number of fused-ring (bicyclic) bond motifs is 20. The highest BCUT2D eigenvalue weighted by molar-refractivity contribution is 7.30. The van der Waals surface area contributed by atoms with Crippen LogP contribution in [0.3, 0.4) is 0 Å².